The summed E-state index contributed by atoms with van der Waals surface area (Å²) in [6, 6.07) is 2.00. The summed E-state index contributed by atoms with van der Waals surface area (Å²) in [5.41, 5.74) is 2.29. The summed E-state index contributed by atoms with van der Waals surface area (Å²) < 4.78 is 0. The van der Waals surface area contributed by atoms with Crippen molar-refractivity contribution in [2.75, 3.05) is 0 Å². The molecule has 0 amide bonds. The van der Waals surface area contributed by atoms with Crippen LogP contribution in [0.1, 0.15) is 6.42 Å². The summed E-state index contributed by atoms with van der Waals surface area (Å²) in [4.78, 5) is 3.89. The lowest BCUT2D eigenvalue weighted by molar-refractivity contribution is 1.15. The lowest BCUT2D eigenvalue weighted by atomic mass is 10.1. The molecule has 4 nitrogen and oxygen atoms in total. The molecule has 0 spiro atoms. The Morgan fingerprint density at radius 3 is 3.18 bits per heavy atom. The van der Waals surface area contributed by atoms with Crippen LogP contribution in [0.2, 0.25) is 0 Å². The van der Waals surface area contributed by atoms with E-state index in [0.717, 1.165) is 11.3 Å². The molecule has 2 heterocycles. The summed E-state index contributed by atoms with van der Waals surface area (Å²) >= 11 is 0. The minimum absolute atomic E-state index is 0.521. The predicted molar refractivity (Wildman–Crippen MR) is 38.7 cm³/mol. The topological polar surface area (TPSA) is 60.9 Å². The van der Waals surface area contributed by atoms with Crippen molar-refractivity contribution in [2.24, 2.45) is 15.2 Å². The molecular weight excluding hydrogens is 140 g/mol. The Morgan fingerprint density at radius 2 is 2.36 bits per heavy atom. The molecule has 0 saturated carbocycles. The number of allylic oxidation sites excluding steroid dienone is 1. The highest BCUT2D eigenvalue weighted by Gasteiger charge is 2.15. The molecule has 52 valence electrons. The molecule has 2 rings (SSSR count). The molecule has 0 aliphatic carbocycles. The molecule has 4 heteroatoms. The zero-order chi connectivity index (χ0) is 7.68. The first kappa shape index (κ1) is 5.98. The molecule has 0 saturated heterocycles. The standard InChI is InChI=1S/C7H4N4/c8-2-6-1-5-3-10-11-7(5)4-9-6/h3-4H,1H2. The maximum atomic E-state index is 8.51. The number of hydrogen-bond acceptors (Lipinski definition) is 4. The van der Waals surface area contributed by atoms with E-state index in [9.17, 15) is 0 Å². The van der Waals surface area contributed by atoms with Gasteiger partial charge < -0.3 is 0 Å². The first-order valence-corrected chi connectivity index (χ1v) is 3.17. The third-order valence-corrected chi connectivity index (χ3v) is 1.54. The van der Waals surface area contributed by atoms with E-state index in [4.69, 9.17) is 5.26 Å². The van der Waals surface area contributed by atoms with Crippen molar-refractivity contribution < 1.29 is 0 Å². The van der Waals surface area contributed by atoms with Crippen molar-refractivity contribution in [3.63, 3.8) is 0 Å². The van der Waals surface area contributed by atoms with Gasteiger partial charge in [-0.05, 0) is 0 Å². The van der Waals surface area contributed by atoms with Crippen LogP contribution in [0.25, 0.3) is 0 Å². The van der Waals surface area contributed by atoms with Gasteiger partial charge in [-0.15, -0.1) is 5.11 Å². The van der Waals surface area contributed by atoms with Gasteiger partial charge in [0.2, 0.25) is 0 Å². The van der Waals surface area contributed by atoms with E-state index in [2.05, 4.69) is 15.2 Å². The van der Waals surface area contributed by atoms with Gasteiger partial charge in [0.15, 0.2) is 0 Å². The van der Waals surface area contributed by atoms with Crippen molar-refractivity contribution in [1.29, 1.82) is 5.26 Å². The summed E-state index contributed by atoms with van der Waals surface area (Å²) in [6.45, 7) is 0. The van der Waals surface area contributed by atoms with Gasteiger partial charge in [-0.25, -0.2) is 4.99 Å². The third-order valence-electron chi connectivity index (χ3n) is 1.54. The van der Waals surface area contributed by atoms with Crippen LogP contribution >= 0.6 is 0 Å². The van der Waals surface area contributed by atoms with Crippen LogP contribution < -0.4 is 0 Å². The monoisotopic (exact) mass is 144 g/mol. The Labute approximate surface area is 63.3 Å². The maximum Gasteiger partial charge on any atom is 0.122 e. The average molecular weight is 144 g/mol. The smallest absolute Gasteiger partial charge is 0.122 e. The molecule has 2 aliphatic heterocycles. The molecular formula is C7H4N4. The molecule has 0 atom stereocenters. The van der Waals surface area contributed by atoms with Gasteiger partial charge in [0.05, 0.1) is 12.4 Å². The number of rotatable bonds is 0. The van der Waals surface area contributed by atoms with Crippen LogP contribution in [0, 0.1) is 11.3 Å². The second-order valence-electron chi connectivity index (χ2n) is 2.25. The van der Waals surface area contributed by atoms with E-state index < -0.39 is 0 Å². The molecule has 0 radical (unpaired) electrons. The van der Waals surface area contributed by atoms with E-state index in [1.54, 1.807) is 12.4 Å². The van der Waals surface area contributed by atoms with E-state index in [0.29, 0.717) is 12.1 Å². The Bertz CT molecular complexity index is 351. The molecule has 0 aromatic rings. The van der Waals surface area contributed by atoms with Crippen LogP contribution in [-0.2, 0) is 0 Å². The fourth-order valence-electron chi connectivity index (χ4n) is 0.970. The molecule has 11 heavy (non-hydrogen) atoms. The minimum Gasteiger partial charge on any atom is -0.247 e. The van der Waals surface area contributed by atoms with Gasteiger partial charge in [0.1, 0.15) is 17.5 Å². The number of fused-ring (bicyclic) bond motifs is 1. The molecule has 2 aliphatic rings. The number of aliphatic imine (C=N–C) groups is 1. The lowest BCUT2D eigenvalue weighted by Gasteiger charge is -2.03. The van der Waals surface area contributed by atoms with Crippen molar-refractivity contribution in [2.45, 2.75) is 6.42 Å². The fraction of sp³-hybridized carbons (Fsp3) is 0.143. The first-order chi connectivity index (χ1) is 5.40. The Hall–Kier alpha value is -1.76. The Morgan fingerprint density at radius 1 is 1.45 bits per heavy atom. The third kappa shape index (κ3) is 0.867. The Kier molecular flexibility index (Phi) is 1.16. The van der Waals surface area contributed by atoms with Gasteiger partial charge in [0.25, 0.3) is 0 Å². The lowest BCUT2D eigenvalue weighted by Crippen LogP contribution is -2.00. The molecule has 0 fully saturated rings. The van der Waals surface area contributed by atoms with Crippen LogP contribution in [0.3, 0.4) is 0 Å². The van der Waals surface area contributed by atoms with E-state index in [-0.39, 0.29) is 0 Å². The number of nitrogens with zero attached hydrogens (tertiary/aromatic N) is 4. The highest BCUT2D eigenvalue weighted by atomic mass is 15.1. The van der Waals surface area contributed by atoms with Crippen LogP contribution in [0.15, 0.2) is 38.9 Å². The van der Waals surface area contributed by atoms with E-state index >= 15 is 0 Å². The first-order valence-electron chi connectivity index (χ1n) is 3.17. The van der Waals surface area contributed by atoms with Crippen molar-refractivity contribution in [1.82, 2.24) is 0 Å². The Balaban J connectivity index is 2.39. The summed E-state index contributed by atoms with van der Waals surface area (Å²) in [7, 11) is 0. The van der Waals surface area contributed by atoms with E-state index in [1.807, 2.05) is 6.07 Å². The zero-order valence-corrected chi connectivity index (χ0v) is 5.65. The van der Waals surface area contributed by atoms with Crippen LogP contribution in [-0.4, -0.2) is 5.71 Å². The fourth-order valence-corrected chi connectivity index (χ4v) is 0.970. The quantitative estimate of drug-likeness (QED) is 0.508. The predicted octanol–water partition coefficient (Wildman–Crippen LogP) is 1.55. The second kappa shape index (κ2) is 2.13. The molecule has 0 N–H and O–H groups in total. The largest absolute Gasteiger partial charge is 0.247 e. The highest BCUT2D eigenvalue weighted by molar-refractivity contribution is 6.01. The van der Waals surface area contributed by atoms with Gasteiger partial charge >= 0.3 is 0 Å². The van der Waals surface area contributed by atoms with Crippen LogP contribution in [0.4, 0.5) is 0 Å². The van der Waals surface area contributed by atoms with Gasteiger partial charge in [-0.1, -0.05) is 0 Å². The average Bonchev–Trinajstić information content (AvgIpc) is 2.50. The van der Waals surface area contributed by atoms with Crippen molar-refractivity contribution in [3.05, 3.63) is 23.7 Å². The van der Waals surface area contributed by atoms with Crippen LogP contribution in [0.5, 0.6) is 0 Å². The summed E-state index contributed by atoms with van der Waals surface area (Å²) in [5, 5.41) is 16.0. The van der Waals surface area contributed by atoms with Gasteiger partial charge in [-0.3, -0.25) is 0 Å². The number of nitriles is 1. The zero-order valence-electron chi connectivity index (χ0n) is 5.65. The second-order valence-corrected chi connectivity index (χ2v) is 2.25. The summed E-state index contributed by atoms with van der Waals surface area (Å²) in [6.07, 6.45) is 3.80. The molecule has 0 unspecified atom stereocenters. The molecule has 0 bridgehead atoms. The molecule has 0 aromatic heterocycles. The van der Waals surface area contributed by atoms with Crippen molar-refractivity contribution >= 4 is 5.71 Å². The maximum absolute atomic E-state index is 8.51. The van der Waals surface area contributed by atoms with E-state index in [1.165, 1.54) is 0 Å². The highest BCUT2D eigenvalue weighted by Crippen LogP contribution is 2.25. The van der Waals surface area contributed by atoms with Gasteiger partial charge in [-0.2, -0.15) is 10.4 Å². The minimum atomic E-state index is 0.521. The molecule has 0 aromatic carbocycles. The summed E-state index contributed by atoms with van der Waals surface area (Å²) in [5.74, 6) is 0. The number of azo groups is 1. The normalized spacial score (nSPS) is 19.7. The van der Waals surface area contributed by atoms with Gasteiger partial charge in [0, 0.05) is 12.0 Å². The van der Waals surface area contributed by atoms with Crippen molar-refractivity contribution in [3.8, 4) is 6.07 Å². The number of hydrogen-bond donors (Lipinski definition) is 0. The SMILES string of the molecule is N#CC1=NC=C2N=NC=C2C1.